The molecule has 0 amide bonds. The number of aromatic amines is 1. The van der Waals surface area contributed by atoms with Crippen LogP contribution in [0.1, 0.15) is 5.56 Å². The van der Waals surface area contributed by atoms with Crippen molar-refractivity contribution in [2.24, 2.45) is 0 Å². The molecule has 0 spiro atoms. The van der Waals surface area contributed by atoms with Gasteiger partial charge in [0.1, 0.15) is 0 Å². The average Bonchev–Trinajstić information content (AvgIpc) is 2.55. The van der Waals surface area contributed by atoms with E-state index in [1.165, 1.54) is 0 Å². The molecule has 0 saturated heterocycles. The smallest absolute Gasteiger partial charge is 0.239 e. The maximum atomic E-state index is 12.3. The van der Waals surface area contributed by atoms with Crippen LogP contribution in [0.2, 0.25) is 0 Å². The lowest BCUT2D eigenvalue weighted by atomic mass is 10.1. The van der Waals surface area contributed by atoms with E-state index in [0.29, 0.717) is 11.3 Å². The van der Waals surface area contributed by atoms with E-state index in [1.807, 2.05) is 67.6 Å². The molecule has 0 radical (unpaired) electrons. The fourth-order valence-corrected chi connectivity index (χ4v) is 2.61. The Morgan fingerprint density at radius 1 is 0.955 bits per heavy atom. The van der Waals surface area contributed by atoms with Crippen LogP contribution in [0.3, 0.4) is 0 Å². The van der Waals surface area contributed by atoms with Gasteiger partial charge in [-0.15, -0.1) is 0 Å². The van der Waals surface area contributed by atoms with Crippen molar-refractivity contribution in [3.63, 3.8) is 0 Å². The molecule has 0 aliphatic rings. The van der Waals surface area contributed by atoms with Gasteiger partial charge in [0.25, 0.3) is 0 Å². The number of H-pyrrole nitrogens is 1. The molecular weight excluding hydrogens is 274 g/mol. The van der Waals surface area contributed by atoms with Crippen molar-refractivity contribution in [1.29, 1.82) is 0 Å². The van der Waals surface area contributed by atoms with Gasteiger partial charge in [-0.3, -0.25) is 0 Å². The summed E-state index contributed by atoms with van der Waals surface area (Å²) >= 11 is 0. The van der Waals surface area contributed by atoms with Crippen LogP contribution in [0, 0.1) is 6.92 Å². The lowest BCUT2D eigenvalue weighted by Gasteiger charge is -2.01. The molecule has 4 rings (SSSR count). The van der Waals surface area contributed by atoms with Gasteiger partial charge in [0, 0.05) is 17.0 Å². The van der Waals surface area contributed by atoms with Crippen LogP contribution in [0.15, 0.2) is 65.5 Å². The van der Waals surface area contributed by atoms with Gasteiger partial charge in [0.2, 0.25) is 5.69 Å². The summed E-state index contributed by atoms with van der Waals surface area (Å²) in [5, 5.41) is 5.65. The van der Waals surface area contributed by atoms with Gasteiger partial charge < -0.3 is 0 Å². The summed E-state index contributed by atoms with van der Waals surface area (Å²) in [6.45, 7) is 2.02. The van der Waals surface area contributed by atoms with E-state index in [2.05, 4.69) is 10.1 Å². The van der Waals surface area contributed by atoms with Crippen molar-refractivity contribution in [2.75, 3.05) is 0 Å². The van der Waals surface area contributed by atoms with E-state index in [-0.39, 0.29) is 5.56 Å². The summed E-state index contributed by atoms with van der Waals surface area (Å²) in [5.74, 6) is 0. The van der Waals surface area contributed by atoms with Crippen molar-refractivity contribution < 1.29 is 4.52 Å². The van der Waals surface area contributed by atoms with Gasteiger partial charge in [-0.05, 0) is 19.1 Å². The summed E-state index contributed by atoms with van der Waals surface area (Å²) in [4.78, 5) is 15.2. The number of nitrogens with one attached hydrogen (secondary N) is 1. The van der Waals surface area contributed by atoms with E-state index in [1.54, 1.807) is 4.52 Å². The predicted molar refractivity (Wildman–Crippen MR) is 85.7 cm³/mol. The van der Waals surface area contributed by atoms with E-state index in [0.717, 1.165) is 22.0 Å². The Kier molecular flexibility index (Phi) is 2.76. The van der Waals surface area contributed by atoms with Crippen molar-refractivity contribution >= 4 is 16.6 Å². The maximum Gasteiger partial charge on any atom is 0.362 e. The molecule has 0 saturated carbocycles. The molecule has 106 valence electrons. The Bertz CT molecular complexity index is 1050. The van der Waals surface area contributed by atoms with Crippen LogP contribution in [0.5, 0.6) is 0 Å². The molecule has 0 aliphatic heterocycles. The molecule has 2 heterocycles. The molecule has 4 heteroatoms. The molecule has 4 nitrogen and oxygen atoms in total. The molecule has 0 unspecified atom stereocenters. The molecule has 0 aliphatic carbocycles. The fourth-order valence-electron chi connectivity index (χ4n) is 2.61. The summed E-state index contributed by atoms with van der Waals surface area (Å²) in [5.41, 5.74) is 3.85. The fraction of sp³-hybridized carbons (Fsp3) is 0.0556. The molecule has 4 aromatic rings. The van der Waals surface area contributed by atoms with E-state index < -0.39 is 0 Å². The first-order valence-corrected chi connectivity index (χ1v) is 7.13. The quantitative estimate of drug-likeness (QED) is 0.432. The highest BCUT2D eigenvalue weighted by atomic mass is 16.1. The van der Waals surface area contributed by atoms with Crippen LogP contribution < -0.4 is 10.1 Å². The van der Waals surface area contributed by atoms with Gasteiger partial charge in [0.05, 0.1) is 0 Å². The third kappa shape index (κ3) is 1.97. The van der Waals surface area contributed by atoms with Crippen LogP contribution >= 0.6 is 0 Å². The molecule has 1 N–H and O–H groups in total. The van der Waals surface area contributed by atoms with Crippen molar-refractivity contribution in [3.05, 3.63) is 76.6 Å². The molecule has 2 aromatic carbocycles. The number of aryl methyl sites for hydroxylation is 1. The topological polar surface area (TPSA) is 49.9 Å². The Morgan fingerprint density at radius 3 is 2.55 bits per heavy atom. The third-order valence-electron chi connectivity index (χ3n) is 3.80. The second-order valence-corrected chi connectivity index (χ2v) is 5.36. The zero-order valence-electron chi connectivity index (χ0n) is 12.1. The number of rotatable bonds is 1. The number of pyridine rings is 1. The molecule has 0 bridgehead atoms. The van der Waals surface area contributed by atoms with Crippen molar-refractivity contribution in [3.8, 4) is 11.3 Å². The van der Waals surface area contributed by atoms with Gasteiger partial charge in [-0.2, -0.15) is 0 Å². The minimum absolute atomic E-state index is 0.181. The molecular formula is C18H14N3O+. The van der Waals surface area contributed by atoms with Gasteiger partial charge in [-0.25, -0.2) is 9.78 Å². The first kappa shape index (κ1) is 12.7. The maximum absolute atomic E-state index is 12.3. The first-order valence-electron chi connectivity index (χ1n) is 7.13. The zero-order chi connectivity index (χ0) is 15.1. The van der Waals surface area contributed by atoms with Gasteiger partial charge >= 0.3 is 11.2 Å². The highest BCUT2D eigenvalue weighted by Gasteiger charge is 2.15. The number of nitrogens with zero attached hydrogens (tertiary/aromatic N) is 2. The number of hydrogen-bond donors (Lipinski definition) is 1. The molecule has 2 aromatic heterocycles. The van der Waals surface area contributed by atoms with Crippen LogP contribution in [0.4, 0.5) is 0 Å². The minimum atomic E-state index is -0.181. The Morgan fingerprint density at radius 2 is 1.73 bits per heavy atom. The second-order valence-electron chi connectivity index (χ2n) is 5.36. The lowest BCUT2D eigenvalue weighted by Crippen LogP contribution is -2.34. The Hall–Kier alpha value is -3.01. The summed E-state index contributed by atoms with van der Waals surface area (Å²) < 4.78 is 1.78. The average molecular weight is 288 g/mol. The minimum Gasteiger partial charge on any atom is -0.239 e. The number of para-hydroxylation sites is 1. The van der Waals surface area contributed by atoms with Gasteiger partial charge in [-0.1, -0.05) is 57.6 Å². The second kappa shape index (κ2) is 4.77. The molecule has 0 fully saturated rings. The largest absolute Gasteiger partial charge is 0.362 e. The summed E-state index contributed by atoms with van der Waals surface area (Å²) in [6, 6.07) is 19.6. The SMILES string of the molecule is Cc1ccc(-c2n[n+]3c(ccc4ccccc43)[nH]c2=O)cc1. The first-order chi connectivity index (χ1) is 10.7. The van der Waals surface area contributed by atoms with Gasteiger partial charge in [0.15, 0.2) is 5.52 Å². The third-order valence-corrected chi connectivity index (χ3v) is 3.80. The number of aromatic nitrogens is 3. The number of benzene rings is 2. The highest BCUT2D eigenvalue weighted by molar-refractivity contribution is 5.76. The summed E-state index contributed by atoms with van der Waals surface area (Å²) in [7, 11) is 0. The Labute approximate surface area is 126 Å². The van der Waals surface area contributed by atoms with Crippen molar-refractivity contribution in [2.45, 2.75) is 6.92 Å². The normalized spacial score (nSPS) is 11.1. The van der Waals surface area contributed by atoms with Crippen LogP contribution in [0.25, 0.3) is 27.8 Å². The zero-order valence-corrected chi connectivity index (χ0v) is 12.1. The highest BCUT2D eigenvalue weighted by Crippen LogP contribution is 2.14. The van der Waals surface area contributed by atoms with E-state index in [9.17, 15) is 4.79 Å². The predicted octanol–water partition coefficient (Wildman–Crippen LogP) is 2.64. The molecule has 22 heavy (non-hydrogen) atoms. The monoisotopic (exact) mass is 288 g/mol. The lowest BCUT2D eigenvalue weighted by molar-refractivity contribution is -0.554. The Balaban J connectivity index is 2.07. The standard InChI is InChI=1S/C18H13N3O/c1-12-6-8-14(9-7-12)17-18(22)19-16-11-10-13-4-2-3-5-15(13)21(16)20-17/h2-11H,1H3/p+1. The van der Waals surface area contributed by atoms with E-state index >= 15 is 0 Å². The number of fused-ring (bicyclic) bond motifs is 3. The number of hydrogen-bond acceptors (Lipinski definition) is 2. The van der Waals surface area contributed by atoms with Crippen LogP contribution in [-0.2, 0) is 0 Å². The summed E-state index contributed by atoms with van der Waals surface area (Å²) in [6.07, 6.45) is 0. The van der Waals surface area contributed by atoms with Crippen molar-refractivity contribution in [1.82, 2.24) is 10.1 Å². The van der Waals surface area contributed by atoms with E-state index in [4.69, 9.17) is 0 Å². The molecule has 0 atom stereocenters. The van der Waals surface area contributed by atoms with Crippen LogP contribution in [-0.4, -0.2) is 10.1 Å².